The largest absolute Gasteiger partial charge is 0.461 e. The Morgan fingerprint density at radius 1 is 1.79 bits per heavy atom. The zero-order valence-corrected chi connectivity index (χ0v) is 8.22. The molecule has 1 rings (SSSR count). The van der Waals surface area contributed by atoms with Crippen LogP contribution in [0, 0.1) is 0 Å². The summed E-state index contributed by atoms with van der Waals surface area (Å²) in [7, 11) is 1.51. The Balaban J connectivity index is 2.84. The first-order valence-electron chi connectivity index (χ1n) is 3.83. The third-order valence-electron chi connectivity index (χ3n) is 1.66. The molecule has 1 amide bonds. The molecular weight excluding hydrogens is 208 g/mol. The maximum Gasteiger partial charge on any atom is 0.293 e. The molecule has 1 aromatic heterocycles. The fourth-order valence-corrected chi connectivity index (χ4v) is 1.22. The first kappa shape index (κ1) is 10.6. The second-order valence-electron chi connectivity index (χ2n) is 2.48. The number of hydrogen-bond acceptors (Lipinski definition) is 3. The molecule has 0 spiro atoms. The lowest BCUT2D eigenvalue weighted by Crippen LogP contribution is -2.17. The van der Waals surface area contributed by atoms with Crippen LogP contribution in [0.15, 0.2) is 6.20 Å². The Bertz CT molecular complexity index is 348. The van der Waals surface area contributed by atoms with Gasteiger partial charge in [0.2, 0.25) is 0 Å². The van der Waals surface area contributed by atoms with Gasteiger partial charge in [0.25, 0.3) is 12.4 Å². The van der Waals surface area contributed by atoms with Crippen LogP contribution < -0.4 is 5.32 Å². The van der Waals surface area contributed by atoms with Crippen molar-refractivity contribution < 1.29 is 14.3 Å². The van der Waals surface area contributed by atoms with Crippen LogP contribution in [0.1, 0.15) is 16.1 Å². The van der Waals surface area contributed by atoms with E-state index in [0.29, 0.717) is 17.7 Å². The highest BCUT2D eigenvalue weighted by molar-refractivity contribution is 6.34. The van der Waals surface area contributed by atoms with Gasteiger partial charge < -0.3 is 15.0 Å². The number of aromatic amines is 1. The SMILES string of the molecule is CNC(=O)c1c[nH]c(COC=O)c1Cl. The number of hydrogen-bond donors (Lipinski definition) is 2. The standard InChI is InChI=1S/C8H9ClN2O3/c1-10-8(13)5-2-11-6(7(5)9)3-14-4-12/h2,4,11H,3H2,1H3,(H,10,13). The zero-order chi connectivity index (χ0) is 10.6. The summed E-state index contributed by atoms with van der Waals surface area (Å²) in [5, 5.41) is 2.71. The Kier molecular flexibility index (Phi) is 3.53. The smallest absolute Gasteiger partial charge is 0.293 e. The van der Waals surface area contributed by atoms with E-state index in [2.05, 4.69) is 15.0 Å². The molecule has 5 nitrogen and oxygen atoms in total. The van der Waals surface area contributed by atoms with E-state index in [1.165, 1.54) is 13.2 Å². The number of carbonyl (C=O) groups is 2. The molecule has 0 saturated heterocycles. The quantitative estimate of drug-likeness (QED) is 0.728. The molecular formula is C8H9ClN2O3. The molecule has 0 aromatic carbocycles. The van der Waals surface area contributed by atoms with Crippen molar-refractivity contribution in [2.45, 2.75) is 6.61 Å². The van der Waals surface area contributed by atoms with Crippen LogP contribution >= 0.6 is 11.6 Å². The highest BCUT2D eigenvalue weighted by Crippen LogP contribution is 2.20. The minimum absolute atomic E-state index is 0.0271. The van der Waals surface area contributed by atoms with Crippen molar-refractivity contribution in [2.75, 3.05) is 7.05 Å². The molecule has 0 unspecified atom stereocenters. The van der Waals surface area contributed by atoms with Gasteiger partial charge in [-0.15, -0.1) is 0 Å². The predicted octanol–water partition coefficient (Wildman–Crippen LogP) is 0.701. The van der Waals surface area contributed by atoms with E-state index in [0.717, 1.165) is 0 Å². The average molecular weight is 217 g/mol. The number of carbonyl (C=O) groups excluding carboxylic acids is 2. The highest BCUT2D eigenvalue weighted by atomic mass is 35.5. The van der Waals surface area contributed by atoms with Crippen molar-refractivity contribution in [3.8, 4) is 0 Å². The van der Waals surface area contributed by atoms with Gasteiger partial charge in [0.15, 0.2) is 0 Å². The normalized spacial score (nSPS) is 9.57. The van der Waals surface area contributed by atoms with Crippen molar-refractivity contribution in [2.24, 2.45) is 0 Å². The minimum atomic E-state index is -0.288. The molecule has 0 bridgehead atoms. The lowest BCUT2D eigenvalue weighted by atomic mass is 10.3. The maximum atomic E-state index is 11.2. The van der Waals surface area contributed by atoms with Gasteiger partial charge >= 0.3 is 0 Å². The van der Waals surface area contributed by atoms with Crippen molar-refractivity contribution >= 4 is 24.0 Å². The topological polar surface area (TPSA) is 71.2 Å². The Morgan fingerprint density at radius 2 is 2.50 bits per heavy atom. The molecule has 76 valence electrons. The summed E-state index contributed by atoms with van der Waals surface area (Å²) in [6.07, 6.45) is 1.46. The van der Waals surface area contributed by atoms with Crippen LogP contribution in [0.25, 0.3) is 0 Å². The summed E-state index contributed by atoms with van der Waals surface area (Å²) < 4.78 is 4.50. The van der Waals surface area contributed by atoms with Crippen molar-refractivity contribution in [1.82, 2.24) is 10.3 Å². The first-order valence-corrected chi connectivity index (χ1v) is 4.21. The molecule has 0 aliphatic rings. The van der Waals surface area contributed by atoms with Gasteiger partial charge in [-0.05, 0) is 0 Å². The third kappa shape index (κ3) is 2.05. The van der Waals surface area contributed by atoms with Gasteiger partial charge in [-0.1, -0.05) is 11.6 Å². The number of nitrogens with one attached hydrogen (secondary N) is 2. The van der Waals surface area contributed by atoms with Crippen molar-refractivity contribution in [3.05, 3.63) is 22.5 Å². The second kappa shape index (κ2) is 4.66. The number of halogens is 1. The van der Waals surface area contributed by atoms with Gasteiger partial charge in [-0.2, -0.15) is 0 Å². The molecule has 6 heteroatoms. The van der Waals surface area contributed by atoms with Crippen LogP contribution in [-0.2, 0) is 16.1 Å². The Hall–Kier alpha value is -1.49. The van der Waals surface area contributed by atoms with Crippen LogP contribution in [0.5, 0.6) is 0 Å². The highest BCUT2D eigenvalue weighted by Gasteiger charge is 2.14. The molecule has 0 aliphatic carbocycles. The first-order chi connectivity index (χ1) is 6.70. The second-order valence-corrected chi connectivity index (χ2v) is 2.86. The summed E-state index contributed by atoms with van der Waals surface area (Å²) in [4.78, 5) is 23.9. The molecule has 0 radical (unpaired) electrons. The van der Waals surface area contributed by atoms with Gasteiger partial charge in [0, 0.05) is 13.2 Å². The summed E-state index contributed by atoms with van der Waals surface area (Å²) in [6.45, 7) is 0.343. The number of ether oxygens (including phenoxy) is 1. The summed E-state index contributed by atoms with van der Waals surface area (Å²) >= 11 is 5.85. The molecule has 0 aliphatic heterocycles. The van der Waals surface area contributed by atoms with E-state index in [9.17, 15) is 9.59 Å². The van der Waals surface area contributed by atoms with E-state index in [-0.39, 0.29) is 17.5 Å². The average Bonchev–Trinajstić information content (AvgIpc) is 2.56. The van der Waals surface area contributed by atoms with E-state index in [4.69, 9.17) is 11.6 Å². The zero-order valence-electron chi connectivity index (χ0n) is 7.46. The molecule has 0 saturated carbocycles. The Morgan fingerprint density at radius 3 is 3.07 bits per heavy atom. The molecule has 1 aromatic rings. The van der Waals surface area contributed by atoms with E-state index >= 15 is 0 Å². The third-order valence-corrected chi connectivity index (χ3v) is 2.09. The number of rotatable bonds is 4. The molecule has 1 heterocycles. The monoisotopic (exact) mass is 216 g/mol. The van der Waals surface area contributed by atoms with Gasteiger partial charge in [0.05, 0.1) is 16.3 Å². The Labute approximate surface area is 85.4 Å². The van der Waals surface area contributed by atoms with Crippen LogP contribution in [0.2, 0.25) is 5.02 Å². The number of aromatic nitrogens is 1. The minimum Gasteiger partial charge on any atom is -0.461 e. The summed E-state index contributed by atoms with van der Waals surface area (Å²) in [6, 6.07) is 0. The van der Waals surface area contributed by atoms with E-state index < -0.39 is 0 Å². The van der Waals surface area contributed by atoms with Crippen LogP contribution in [0.3, 0.4) is 0 Å². The molecule has 2 N–H and O–H groups in total. The fourth-order valence-electron chi connectivity index (χ4n) is 0.971. The molecule has 0 fully saturated rings. The van der Waals surface area contributed by atoms with Crippen LogP contribution in [-0.4, -0.2) is 24.4 Å². The lowest BCUT2D eigenvalue weighted by molar-refractivity contribution is -0.129. The van der Waals surface area contributed by atoms with Gasteiger partial charge in [-0.3, -0.25) is 9.59 Å². The molecule has 14 heavy (non-hydrogen) atoms. The van der Waals surface area contributed by atoms with Gasteiger partial charge in [0.1, 0.15) is 6.61 Å². The number of amides is 1. The van der Waals surface area contributed by atoms with Gasteiger partial charge in [-0.25, -0.2) is 0 Å². The fraction of sp³-hybridized carbons (Fsp3) is 0.250. The van der Waals surface area contributed by atoms with Crippen LogP contribution in [0.4, 0.5) is 0 Å². The predicted molar refractivity (Wildman–Crippen MR) is 50.0 cm³/mol. The van der Waals surface area contributed by atoms with E-state index in [1.807, 2.05) is 0 Å². The van der Waals surface area contributed by atoms with Crippen molar-refractivity contribution in [1.29, 1.82) is 0 Å². The number of H-pyrrole nitrogens is 1. The summed E-state index contributed by atoms with van der Waals surface area (Å²) in [5.41, 5.74) is 0.830. The molecule has 0 atom stereocenters. The van der Waals surface area contributed by atoms with E-state index in [1.54, 1.807) is 0 Å². The summed E-state index contributed by atoms with van der Waals surface area (Å²) in [5.74, 6) is -0.288. The van der Waals surface area contributed by atoms with Crippen molar-refractivity contribution in [3.63, 3.8) is 0 Å². The lowest BCUT2D eigenvalue weighted by Gasteiger charge is -1.98. The maximum absolute atomic E-state index is 11.2.